The van der Waals surface area contributed by atoms with Gasteiger partial charge in [0, 0.05) is 11.6 Å². The van der Waals surface area contributed by atoms with Crippen LogP contribution in [0, 0.1) is 11.8 Å². The van der Waals surface area contributed by atoms with Gasteiger partial charge in [-0.25, -0.2) is 0 Å². The first-order chi connectivity index (χ1) is 8.95. The largest absolute Gasteiger partial charge is 0.382 e. The highest BCUT2D eigenvalue weighted by Crippen LogP contribution is 2.35. The molecule has 4 heteroatoms. The van der Waals surface area contributed by atoms with Crippen molar-refractivity contribution >= 4 is 40.5 Å². The summed E-state index contributed by atoms with van der Waals surface area (Å²) >= 11 is 18.2. The van der Waals surface area contributed by atoms with Gasteiger partial charge in [-0.2, -0.15) is 0 Å². The quantitative estimate of drug-likeness (QED) is 0.669. The van der Waals surface area contributed by atoms with Crippen molar-refractivity contribution in [3.63, 3.8) is 0 Å². The second kappa shape index (κ2) is 6.39. The summed E-state index contributed by atoms with van der Waals surface area (Å²) in [5, 5.41) is 5.09. The van der Waals surface area contributed by atoms with E-state index in [4.69, 9.17) is 34.8 Å². The number of hydrogen-bond donors (Lipinski definition) is 1. The van der Waals surface area contributed by atoms with Gasteiger partial charge in [-0.05, 0) is 43.7 Å². The van der Waals surface area contributed by atoms with Gasteiger partial charge in [0.1, 0.15) is 0 Å². The number of allylic oxidation sites excluding steroid dienone is 2. The van der Waals surface area contributed by atoms with Crippen LogP contribution in [0.15, 0.2) is 23.8 Å². The minimum Gasteiger partial charge on any atom is -0.382 e. The third-order valence-electron chi connectivity index (χ3n) is 3.46. The van der Waals surface area contributed by atoms with Crippen molar-refractivity contribution in [1.82, 2.24) is 0 Å². The molecule has 104 valence electrons. The molecular weight excluding hydrogens is 301 g/mol. The van der Waals surface area contributed by atoms with Crippen LogP contribution in [0.3, 0.4) is 0 Å². The summed E-state index contributed by atoms with van der Waals surface area (Å²) in [6.07, 6.45) is 4.70. The topological polar surface area (TPSA) is 12.0 Å². The van der Waals surface area contributed by atoms with Crippen molar-refractivity contribution in [1.29, 1.82) is 0 Å². The number of rotatable bonds is 3. The average Bonchev–Trinajstić information content (AvgIpc) is 2.25. The first-order valence-electron chi connectivity index (χ1n) is 6.51. The second-order valence-corrected chi connectivity index (χ2v) is 6.67. The summed E-state index contributed by atoms with van der Waals surface area (Å²) in [5.41, 5.74) is 2.26. The monoisotopic (exact) mass is 317 g/mol. The lowest BCUT2D eigenvalue weighted by atomic mass is 9.84. The fraction of sp³-hybridized carbons (Fsp3) is 0.467. The molecule has 1 aliphatic rings. The van der Waals surface area contributed by atoms with Crippen LogP contribution in [0.2, 0.25) is 15.1 Å². The summed E-state index contributed by atoms with van der Waals surface area (Å²) in [5.74, 6) is 1.28. The highest BCUT2D eigenvalue weighted by Gasteiger charge is 2.18. The molecule has 2 rings (SSSR count). The van der Waals surface area contributed by atoms with Crippen LogP contribution in [-0.4, -0.2) is 6.54 Å². The summed E-state index contributed by atoms with van der Waals surface area (Å²) in [4.78, 5) is 0. The summed E-state index contributed by atoms with van der Waals surface area (Å²) < 4.78 is 0. The van der Waals surface area contributed by atoms with E-state index in [1.807, 2.05) is 0 Å². The molecule has 19 heavy (non-hydrogen) atoms. The number of halogens is 3. The lowest BCUT2D eigenvalue weighted by Gasteiger charge is -2.26. The van der Waals surface area contributed by atoms with Gasteiger partial charge in [0.15, 0.2) is 0 Å². The van der Waals surface area contributed by atoms with Gasteiger partial charge in [-0.3, -0.25) is 0 Å². The Bertz CT molecular complexity index is 473. The molecule has 0 heterocycles. The number of anilines is 1. The van der Waals surface area contributed by atoms with E-state index in [0.29, 0.717) is 26.9 Å². The van der Waals surface area contributed by atoms with Crippen molar-refractivity contribution < 1.29 is 0 Å². The predicted octanol–water partition coefficient (Wildman–Crippen LogP) is 6.05. The number of benzene rings is 1. The van der Waals surface area contributed by atoms with Gasteiger partial charge >= 0.3 is 0 Å². The lowest BCUT2D eigenvalue weighted by molar-refractivity contribution is 0.421. The van der Waals surface area contributed by atoms with Crippen molar-refractivity contribution in [3.8, 4) is 0 Å². The van der Waals surface area contributed by atoms with Gasteiger partial charge in [0.05, 0.1) is 15.7 Å². The zero-order valence-electron chi connectivity index (χ0n) is 11.1. The highest BCUT2D eigenvalue weighted by atomic mass is 35.5. The standard InChI is InChI=1S/C15H18Cl3N/c1-9-3-10(2)5-11(4-9)8-19-15-13(17)6-12(16)7-14(15)18/h3,6-7,9,11,19H,4-5,8H2,1-2H3. The summed E-state index contributed by atoms with van der Waals surface area (Å²) in [6.45, 7) is 5.35. The van der Waals surface area contributed by atoms with Crippen LogP contribution < -0.4 is 5.32 Å². The molecule has 1 aromatic carbocycles. The van der Waals surface area contributed by atoms with E-state index in [1.54, 1.807) is 12.1 Å². The van der Waals surface area contributed by atoms with Gasteiger partial charge in [0.25, 0.3) is 0 Å². The molecule has 0 fully saturated rings. The predicted molar refractivity (Wildman–Crippen MR) is 85.6 cm³/mol. The van der Waals surface area contributed by atoms with Crippen LogP contribution in [0.5, 0.6) is 0 Å². The molecule has 0 bridgehead atoms. The van der Waals surface area contributed by atoms with Crippen LogP contribution in [-0.2, 0) is 0 Å². The highest BCUT2D eigenvalue weighted by molar-refractivity contribution is 6.41. The molecule has 2 atom stereocenters. The molecule has 1 aliphatic carbocycles. The third-order valence-corrected chi connectivity index (χ3v) is 4.27. The molecule has 0 saturated carbocycles. The zero-order chi connectivity index (χ0) is 14.0. The molecule has 0 spiro atoms. The molecule has 0 aromatic heterocycles. The Morgan fingerprint density at radius 1 is 1.21 bits per heavy atom. The number of hydrogen-bond acceptors (Lipinski definition) is 1. The summed E-state index contributed by atoms with van der Waals surface area (Å²) in [7, 11) is 0. The van der Waals surface area contributed by atoms with Crippen LogP contribution >= 0.6 is 34.8 Å². The van der Waals surface area contributed by atoms with Gasteiger partial charge in [-0.15, -0.1) is 0 Å². The Morgan fingerprint density at radius 3 is 2.42 bits per heavy atom. The Hall–Kier alpha value is -0.370. The van der Waals surface area contributed by atoms with Gasteiger partial charge in [-0.1, -0.05) is 53.4 Å². The Morgan fingerprint density at radius 2 is 1.84 bits per heavy atom. The van der Waals surface area contributed by atoms with E-state index in [0.717, 1.165) is 18.7 Å². The van der Waals surface area contributed by atoms with Crippen molar-refractivity contribution in [2.75, 3.05) is 11.9 Å². The summed E-state index contributed by atoms with van der Waals surface area (Å²) in [6, 6.07) is 3.43. The van der Waals surface area contributed by atoms with Gasteiger partial charge in [0.2, 0.25) is 0 Å². The molecule has 1 N–H and O–H groups in total. The SMILES string of the molecule is CC1=CC(C)CC(CNc2c(Cl)cc(Cl)cc2Cl)C1. The fourth-order valence-corrected chi connectivity index (χ4v) is 3.75. The molecule has 1 nitrogen and oxygen atoms in total. The second-order valence-electron chi connectivity index (χ2n) is 5.42. The minimum atomic E-state index is 0.561. The van der Waals surface area contributed by atoms with E-state index in [1.165, 1.54) is 12.0 Å². The molecule has 0 radical (unpaired) electrons. The van der Waals surface area contributed by atoms with Crippen LogP contribution in [0.4, 0.5) is 5.69 Å². The molecule has 1 aromatic rings. The molecule has 0 amide bonds. The van der Waals surface area contributed by atoms with E-state index < -0.39 is 0 Å². The average molecular weight is 319 g/mol. The smallest absolute Gasteiger partial charge is 0.0720 e. The van der Waals surface area contributed by atoms with E-state index >= 15 is 0 Å². The molecule has 0 saturated heterocycles. The fourth-order valence-electron chi connectivity index (χ4n) is 2.80. The zero-order valence-corrected chi connectivity index (χ0v) is 13.4. The molecule has 2 unspecified atom stereocenters. The van der Waals surface area contributed by atoms with E-state index in [9.17, 15) is 0 Å². The normalized spacial score (nSPS) is 23.1. The maximum atomic E-state index is 6.17. The lowest BCUT2D eigenvalue weighted by Crippen LogP contribution is -2.20. The van der Waals surface area contributed by atoms with Gasteiger partial charge < -0.3 is 5.32 Å². The first kappa shape index (κ1) is 15.0. The number of nitrogens with one attached hydrogen (secondary N) is 1. The Labute approximate surface area is 129 Å². The maximum Gasteiger partial charge on any atom is 0.0720 e. The van der Waals surface area contributed by atoms with Crippen LogP contribution in [0.25, 0.3) is 0 Å². The first-order valence-corrected chi connectivity index (χ1v) is 7.64. The molecular formula is C15H18Cl3N. The maximum absolute atomic E-state index is 6.17. The molecule has 0 aliphatic heterocycles. The van der Waals surface area contributed by atoms with E-state index in [-0.39, 0.29) is 0 Å². The van der Waals surface area contributed by atoms with Crippen LogP contribution in [0.1, 0.15) is 26.7 Å². The van der Waals surface area contributed by atoms with Crippen molar-refractivity contribution in [2.45, 2.75) is 26.7 Å². The van der Waals surface area contributed by atoms with Crippen molar-refractivity contribution in [2.24, 2.45) is 11.8 Å². The third kappa shape index (κ3) is 4.05. The van der Waals surface area contributed by atoms with E-state index in [2.05, 4.69) is 25.2 Å². The minimum absolute atomic E-state index is 0.561. The van der Waals surface area contributed by atoms with Crippen molar-refractivity contribution in [3.05, 3.63) is 38.8 Å². The Balaban J connectivity index is 2.02. The Kier molecular flexibility index (Phi) is 5.05.